The molecule has 0 aliphatic rings. The molecule has 112 valence electrons. The van der Waals surface area contributed by atoms with Gasteiger partial charge in [0, 0.05) is 11.4 Å². The van der Waals surface area contributed by atoms with Crippen molar-refractivity contribution in [3.05, 3.63) is 57.0 Å². The molecule has 2 rings (SSSR count). The highest BCUT2D eigenvalue weighted by atomic mass is 32.1. The van der Waals surface area contributed by atoms with E-state index >= 15 is 0 Å². The second kappa shape index (κ2) is 7.36. The van der Waals surface area contributed by atoms with Crippen LogP contribution in [0.1, 0.15) is 39.0 Å². The Balaban J connectivity index is 1.88. The Hall–Kier alpha value is -1.68. The summed E-state index contributed by atoms with van der Waals surface area (Å²) >= 11 is 1.54. The van der Waals surface area contributed by atoms with Gasteiger partial charge in [-0.3, -0.25) is 4.79 Å². The molecule has 2 nitrogen and oxygen atoms in total. The molecule has 0 atom stereocenters. The van der Waals surface area contributed by atoms with Crippen molar-refractivity contribution in [2.75, 3.05) is 6.54 Å². The number of benzene rings is 1. The smallest absolute Gasteiger partial charge is 0.261 e. The summed E-state index contributed by atoms with van der Waals surface area (Å²) < 4.78 is 13.1. The highest BCUT2D eigenvalue weighted by Crippen LogP contribution is 2.22. The summed E-state index contributed by atoms with van der Waals surface area (Å²) in [5.74, 6) is -0.279. The third kappa shape index (κ3) is 4.39. The molecule has 0 unspecified atom stereocenters. The number of carbonyl (C=O) groups excluding carboxylic acids is 1. The lowest BCUT2D eigenvalue weighted by Crippen LogP contribution is -2.24. The molecule has 0 fully saturated rings. The molecule has 2 aromatic rings. The molecule has 21 heavy (non-hydrogen) atoms. The number of hydrogen-bond acceptors (Lipinski definition) is 2. The molecule has 1 N–H and O–H groups in total. The Labute approximate surface area is 129 Å². The lowest BCUT2D eigenvalue weighted by molar-refractivity contribution is 0.0958. The first-order valence-electron chi connectivity index (χ1n) is 7.22. The number of rotatable bonds is 6. The summed E-state index contributed by atoms with van der Waals surface area (Å²) in [6, 6.07) is 8.46. The van der Waals surface area contributed by atoms with Crippen LogP contribution in [0.5, 0.6) is 0 Å². The number of hydrogen-bond donors (Lipinski definition) is 1. The van der Waals surface area contributed by atoms with E-state index in [0.29, 0.717) is 13.0 Å². The molecular weight excluding hydrogens is 285 g/mol. The molecule has 0 saturated heterocycles. The third-order valence-corrected chi connectivity index (χ3v) is 4.44. The molecule has 0 bridgehead atoms. The van der Waals surface area contributed by atoms with Gasteiger partial charge in [0.15, 0.2) is 0 Å². The van der Waals surface area contributed by atoms with E-state index in [-0.39, 0.29) is 11.7 Å². The number of thiophene rings is 1. The Morgan fingerprint density at radius 2 is 2.10 bits per heavy atom. The Bertz CT molecular complexity index is 621. The maximum atomic E-state index is 13.1. The normalized spacial score (nSPS) is 10.6. The molecule has 0 aliphatic heterocycles. The van der Waals surface area contributed by atoms with E-state index in [1.54, 1.807) is 6.07 Å². The predicted molar refractivity (Wildman–Crippen MR) is 85.5 cm³/mol. The summed E-state index contributed by atoms with van der Waals surface area (Å²) in [7, 11) is 0. The van der Waals surface area contributed by atoms with Crippen molar-refractivity contribution in [2.45, 2.75) is 33.1 Å². The van der Waals surface area contributed by atoms with E-state index < -0.39 is 0 Å². The lowest BCUT2D eigenvalue weighted by Gasteiger charge is -2.04. The zero-order chi connectivity index (χ0) is 15.2. The molecule has 1 heterocycles. The highest BCUT2D eigenvalue weighted by molar-refractivity contribution is 7.14. The van der Waals surface area contributed by atoms with Crippen LogP contribution < -0.4 is 5.32 Å². The van der Waals surface area contributed by atoms with Crippen molar-refractivity contribution in [1.82, 2.24) is 5.32 Å². The molecular formula is C17H20FNOS. The van der Waals surface area contributed by atoms with Gasteiger partial charge in [-0.05, 0) is 49.1 Å². The average Bonchev–Trinajstić information content (AvgIpc) is 2.81. The number of aryl methyl sites for hydroxylation is 2. The van der Waals surface area contributed by atoms with E-state index in [9.17, 15) is 9.18 Å². The van der Waals surface area contributed by atoms with Crippen molar-refractivity contribution >= 4 is 17.2 Å². The van der Waals surface area contributed by atoms with Crippen LogP contribution in [0.4, 0.5) is 4.39 Å². The second-order valence-electron chi connectivity index (χ2n) is 5.08. The van der Waals surface area contributed by atoms with E-state index in [1.807, 2.05) is 12.1 Å². The first-order valence-corrected chi connectivity index (χ1v) is 8.03. The Morgan fingerprint density at radius 3 is 2.81 bits per heavy atom. The van der Waals surface area contributed by atoms with Gasteiger partial charge in [0.25, 0.3) is 5.91 Å². The number of nitrogens with one attached hydrogen (secondary N) is 1. The molecule has 0 radical (unpaired) electrons. The second-order valence-corrected chi connectivity index (χ2v) is 6.33. The summed E-state index contributed by atoms with van der Waals surface area (Å²) in [5, 5.41) is 2.90. The number of carbonyl (C=O) groups is 1. The molecule has 0 aliphatic carbocycles. The topological polar surface area (TPSA) is 29.1 Å². The fourth-order valence-electron chi connectivity index (χ4n) is 2.25. The van der Waals surface area contributed by atoms with Crippen LogP contribution in [0.25, 0.3) is 0 Å². The van der Waals surface area contributed by atoms with E-state index in [4.69, 9.17) is 0 Å². The van der Waals surface area contributed by atoms with Crippen LogP contribution in [0.3, 0.4) is 0 Å². The molecule has 4 heteroatoms. The van der Waals surface area contributed by atoms with Crippen molar-refractivity contribution in [3.63, 3.8) is 0 Å². The molecule has 0 saturated carbocycles. The summed E-state index contributed by atoms with van der Waals surface area (Å²) in [4.78, 5) is 14.1. The standard InChI is InChI=1S/C17H20FNOS/c1-3-5-14-11-16(21-12(14)2)17(20)19-9-8-13-6-4-7-15(18)10-13/h4,6-7,10-11H,3,5,8-9H2,1-2H3,(H,19,20). The molecule has 1 aromatic heterocycles. The first-order chi connectivity index (χ1) is 10.1. The van der Waals surface area contributed by atoms with Gasteiger partial charge in [-0.25, -0.2) is 4.39 Å². The predicted octanol–water partition coefficient (Wildman–Crippen LogP) is 4.12. The van der Waals surface area contributed by atoms with Crippen LogP contribution >= 0.6 is 11.3 Å². The van der Waals surface area contributed by atoms with Crippen molar-refractivity contribution in [1.29, 1.82) is 0 Å². The minimum absolute atomic E-state index is 0.0399. The van der Waals surface area contributed by atoms with Crippen LogP contribution in [0.2, 0.25) is 0 Å². The van der Waals surface area contributed by atoms with Gasteiger partial charge in [-0.1, -0.05) is 25.5 Å². The Morgan fingerprint density at radius 1 is 1.29 bits per heavy atom. The van der Waals surface area contributed by atoms with E-state index in [0.717, 1.165) is 23.3 Å². The van der Waals surface area contributed by atoms with Crippen LogP contribution in [-0.2, 0) is 12.8 Å². The zero-order valence-electron chi connectivity index (χ0n) is 12.4. The average molecular weight is 305 g/mol. The zero-order valence-corrected chi connectivity index (χ0v) is 13.2. The van der Waals surface area contributed by atoms with E-state index in [2.05, 4.69) is 19.2 Å². The first kappa shape index (κ1) is 15.7. The summed E-state index contributed by atoms with van der Waals surface area (Å²) in [6.45, 7) is 4.71. The van der Waals surface area contributed by atoms with Crippen molar-refractivity contribution in [3.8, 4) is 0 Å². The van der Waals surface area contributed by atoms with Gasteiger partial charge in [0.2, 0.25) is 0 Å². The maximum absolute atomic E-state index is 13.1. The number of amides is 1. The van der Waals surface area contributed by atoms with Gasteiger partial charge in [-0.15, -0.1) is 11.3 Å². The lowest BCUT2D eigenvalue weighted by atomic mass is 10.1. The molecule has 0 spiro atoms. The van der Waals surface area contributed by atoms with E-state index in [1.165, 1.54) is 33.9 Å². The minimum atomic E-state index is -0.239. The third-order valence-electron chi connectivity index (χ3n) is 3.35. The molecule has 1 amide bonds. The van der Waals surface area contributed by atoms with Crippen LogP contribution in [0, 0.1) is 12.7 Å². The number of halogens is 1. The largest absolute Gasteiger partial charge is 0.351 e. The van der Waals surface area contributed by atoms with Crippen LogP contribution in [0.15, 0.2) is 30.3 Å². The van der Waals surface area contributed by atoms with Gasteiger partial charge in [0.05, 0.1) is 4.88 Å². The maximum Gasteiger partial charge on any atom is 0.261 e. The van der Waals surface area contributed by atoms with Crippen molar-refractivity contribution < 1.29 is 9.18 Å². The molecule has 1 aromatic carbocycles. The van der Waals surface area contributed by atoms with Gasteiger partial charge >= 0.3 is 0 Å². The van der Waals surface area contributed by atoms with Crippen molar-refractivity contribution in [2.24, 2.45) is 0 Å². The van der Waals surface area contributed by atoms with Gasteiger partial charge in [-0.2, -0.15) is 0 Å². The minimum Gasteiger partial charge on any atom is -0.351 e. The monoisotopic (exact) mass is 305 g/mol. The fraction of sp³-hybridized carbons (Fsp3) is 0.353. The van der Waals surface area contributed by atoms with Gasteiger partial charge in [0.1, 0.15) is 5.82 Å². The fourth-order valence-corrected chi connectivity index (χ4v) is 3.24. The highest BCUT2D eigenvalue weighted by Gasteiger charge is 2.11. The SMILES string of the molecule is CCCc1cc(C(=O)NCCc2cccc(F)c2)sc1C. The van der Waals surface area contributed by atoms with Gasteiger partial charge < -0.3 is 5.32 Å². The summed E-state index contributed by atoms with van der Waals surface area (Å²) in [6.07, 6.45) is 2.73. The quantitative estimate of drug-likeness (QED) is 0.854. The summed E-state index contributed by atoms with van der Waals surface area (Å²) in [5.41, 5.74) is 2.15. The Kier molecular flexibility index (Phi) is 5.51. The van der Waals surface area contributed by atoms with Crippen LogP contribution in [-0.4, -0.2) is 12.5 Å².